The van der Waals surface area contributed by atoms with Gasteiger partial charge in [-0.3, -0.25) is 0 Å². The van der Waals surface area contributed by atoms with E-state index in [9.17, 15) is 13.2 Å². The lowest BCUT2D eigenvalue weighted by Gasteiger charge is -2.11. The number of nitrogens with zero attached hydrogens (tertiary/aromatic N) is 1. The topological polar surface area (TPSA) is 12.9 Å². The molecule has 1 aromatic heterocycles. The smallest absolute Gasteiger partial charge is 0.235 e. The van der Waals surface area contributed by atoms with E-state index in [1.54, 1.807) is 17.4 Å². The van der Waals surface area contributed by atoms with E-state index in [2.05, 4.69) is 0 Å². The molecule has 4 aromatic rings. The second kappa shape index (κ2) is 6.75. The lowest BCUT2D eigenvalue weighted by molar-refractivity contribution is -0.137. The van der Waals surface area contributed by atoms with Crippen LogP contribution in [-0.2, 0) is 6.18 Å². The summed E-state index contributed by atoms with van der Waals surface area (Å²) in [6.07, 6.45) is -4.38. The standard InChI is InChI=1S/C23H14F3NS2/c1-13-6-8-14(9-7-13)22-27-20-16-11-10-15(23(24,25)26)12-19(16)28-18-5-3-2-4-17(18)21(20)29-22/h2-12H,1H3. The number of hydrogen-bond donors (Lipinski definition) is 0. The van der Waals surface area contributed by atoms with Crippen LogP contribution in [0.1, 0.15) is 11.1 Å². The highest BCUT2D eigenvalue weighted by atomic mass is 32.2. The molecule has 0 atom stereocenters. The highest BCUT2D eigenvalue weighted by molar-refractivity contribution is 7.99. The van der Waals surface area contributed by atoms with Gasteiger partial charge >= 0.3 is 6.18 Å². The van der Waals surface area contributed by atoms with Crippen molar-refractivity contribution in [2.45, 2.75) is 22.9 Å². The summed E-state index contributed by atoms with van der Waals surface area (Å²) in [6, 6.07) is 19.9. The first kappa shape index (κ1) is 18.5. The Morgan fingerprint density at radius 1 is 0.828 bits per heavy atom. The zero-order chi connectivity index (χ0) is 20.2. The quantitative estimate of drug-likeness (QED) is 0.270. The first-order valence-electron chi connectivity index (χ1n) is 8.97. The van der Waals surface area contributed by atoms with Crippen LogP contribution >= 0.6 is 23.1 Å². The summed E-state index contributed by atoms with van der Waals surface area (Å²) in [5.74, 6) is 0. The number of thiazole rings is 1. The monoisotopic (exact) mass is 425 g/mol. The summed E-state index contributed by atoms with van der Waals surface area (Å²) in [4.78, 5) is 7.37. The van der Waals surface area contributed by atoms with Crippen LogP contribution in [0.4, 0.5) is 13.2 Å². The number of rotatable bonds is 1. The molecule has 3 aromatic carbocycles. The molecule has 0 amide bonds. The molecule has 0 saturated carbocycles. The second-order valence-electron chi connectivity index (χ2n) is 6.87. The Bertz CT molecular complexity index is 1220. The fourth-order valence-electron chi connectivity index (χ4n) is 3.35. The maximum atomic E-state index is 13.3. The first-order chi connectivity index (χ1) is 13.9. The Labute approximate surface area is 174 Å². The van der Waals surface area contributed by atoms with Gasteiger partial charge in [0.05, 0.1) is 16.1 Å². The predicted molar refractivity (Wildman–Crippen MR) is 112 cm³/mol. The molecule has 0 aliphatic carbocycles. The third-order valence-electron chi connectivity index (χ3n) is 4.84. The molecule has 29 heavy (non-hydrogen) atoms. The fraction of sp³-hybridized carbons (Fsp3) is 0.0870. The van der Waals surface area contributed by atoms with E-state index < -0.39 is 11.7 Å². The molecule has 144 valence electrons. The molecule has 0 fully saturated rings. The molecule has 5 rings (SSSR count). The van der Waals surface area contributed by atoms with Gasteiger partial charge in [0.2, 0.25) is 0 Å². The van der Waals surface area contributed by atoms with Gasteiger partial charge < -0.3 is 0 Å². The lowest BCUT2D eigenvalue weighted by Crippen LogP contribution is -2.04. The van der Waals surface area contributed by atoms with Crippen LogP contribution in [0.3, 0.4) is 0 Å². The highest BCUT2D eigenvalue weighted by Crippen LogP contribution is 2.51. The molecule has 1 aliphatic rings. The molecular formula is C23H14F3NS2. The number of benzene rings is 3. The first-order valence-corrected chi connectivity index (χ1v) is 10.6. The van der Waals surface area contributed by atoms with Crippen molar-refractivity contribution in [1.82, 2.24) is 4.98 Å². The van der Waals surface area contributed by atoms with Crippen LogP contribution in [0.25, 0.3) is 32.3 Å². The van der Waals surface area contributed by atoms with Crippen LogP contribution in [0.15, 0.2) is 76.5 Å². The largest absolute Gasteiger partial charge is 0.416 e. The normalized spacial score (nSPS) is 12.7. The van der Waals surface area contributed by atoms with Gasteiger partial charge in [-0.1, -0.05) is 65.9 Å². The average molecular weight is 426 g/mol. The van der Waals surface area contributed by atoms with Crippen molar-refractivity contribution in [3.63, 3.8) is 0 Å². The number of hydrogen-bond acceptors (Lipinski definition) is 3. The number of alkyl halides is 3. The summed E-state index contributed by atoms with van der Waals surface area (Å²) >= 11 is 2.94. The number of fused-ring (bicyclic) bond motifs is 5. The van der Waals surface area contributed by atoms with E-state index in [0.29, 0.717) is 4.90 Å². The Morgan fingerprint density at radius 2 is 1.59 bits per heavy atom. The van der Waals surface area contributed by atoms with Gasteiger partial charge in [0.25, 0.3) is 0 Å². The van der Waals surface area contributed by atoms with Crippen molar-refractivity contribution in [3.05, 3.63) is 77.9 Å². The van der Waals surface area contributed by atoms with Crippen molar-refractivity contribution in [3.8, 4) is 32.3 Å². The Morgan fingerprint density at radius 3 is 2.34 bits per heavy atom. The Balaban J connectivity index is 1.75. The van der Waals surface area contributed by atoms with Gasteiger partial charge in [-0.25, -0.2) is 4.98 Å². The van der Waals surface area contributed by atoms with Crippen molar-refractivity contribution in [2.75, 3.05) is 0 Å². The Kier molecular flexibility index (Phi) is 4.29. The van der Waals surface area contributed by atoms with Gasteiger partial charge in [-0.2, -0.15) is 13.2 Å². The van der Waals surface area contributed by atoms with Crippen LogP contribution in [0, 0.1) is 6.92 Å². The molecule has 2 heterocycles. The van der Waals surface area contributed by atoms with Gasteiger partial charge in [0.15, 0.2) is 0 Å². The number of aromatic nitrogens is 1. The predicted octanol–water partition coefficient (Wildman–Crippen LogP) is 7.94. The highest BCUT2D eigenvalue weighted by Gasteiger charge is 2.33. The third-order valence-corrected chi connectivity index (χ3v) is 7.11. The van der Waals surface area contributed by atoms with Crippen molar-refractivity contribution >= 4 is 23.1 Å². The molecule has 0 radical (unpaired) electrons. The minimum Gasteiger partial charge on any atom is -0.235 e. The zero-order valence-corrected chi connectivity index (χ0v) is 16.9. The van der Waals surface area contributed by atoms with E-state index >= 15 is 0 Å². The van der Waals surface area contributed by atoms with Crippen molar-refractivity contribution in [1.29, 1.82) is 0 Å². The van der Waals surface area contributed by atoms with E-state index in [-0.39, 0.29) is 0 Å². The number of halogens is 3. The van der Waals surface area contributed by atoms with Crippen LogP contribution in [0.5, 0.6) is 0 Å². The number of aryl methyl sites for hydroxylation is 1. The third kappa shape index (κ3) is 3.26. The van der Waals surface area contributed by atoms with E-state index in [4.69, 9.17) is 4.98 Å². The van der Waals surface area contributed by atoms with Crippen molar-refractivity contribution in [2.24, 2.45) is 0 Å². The van der Waals surface area contributed by atoms with Gasteiger partial charge in [0, 0.05) is 26.5 Å². The fourth-order valence-corrected chi connectivity index (χ4v) is 5.66. The molecule has 0 N–H and O–H groups in total. The lowest BCUT2D eigenvalue weighted by atomic mass is 10.0. The SMILES string of the molecule is Cc1ccc(-c2nc3c(s2)-c2ccccc2Sc2cc(C(F)(F)F)ccc2-3)cc1. The van der Waals surface area contributed by atoms with Crippen LogP contribution in [-0.4, -0.2) is 4.98 Å². The molecule has 0 unspecified atom stereocenters. The molecule has 0 spiro atoms. The molecule has 0 bridgehead atoms. The zero-order valence-electron chi connectivity index (χ0n) is 15.2. The molecule has 1 aliphatic heterocycles. The van der Waals surface area contributed by atoms with Crippen LogP contribution < -0.4 is 0 Å². The average Bonchev–Trinajstić information content (AvgIpc) is 3.08. The van der Waals surface area contributed by atoms with Crippen LogP contribution in [0.2, 0.25) is 0 Å². The summed E-state index contributed by atoms with van der Waals surface area (Å²) < 4.78 is 39.9. The summed E-state index contributed by atoms with van der Waals surface area (Å²) in [5, 5.41) is 0.863. The Hall–Kier alpha value is -2.57. The minimum absolute atomic E-state index is 0.576. The second-order valence-corrected chi connectivity index (χ2v) is 8.95. The minimum atomic E-state index is -4.38. The van der Waals surface area contributed by atoms with Crippen molar-refractivity contribution < 1.29 is 13.2 Å². The summed E-state index contributed by atoms with van der Waals surface area (Å²) in [6.45, 7) is 2.03. The summed E-state index contributed by atoms with van der Waals surface area (Å²) in [5.41, 5.74) is 4.02. The molecular weight excluding hydrogens is 411 g/mol. The van der Waals surface area contributed by atoms with E-state index in [0.717, 1.165) is 43.2 Å². The van der Waals surface area contributed by atoms with E-state index in [1.807, 2.05) is 55.5 Å². The molecule has 6 heteroatoms. The van der Waals surface area contributed by atoms with Gasteiger partial charge in [0.1, 0.15) is 5.01 Å². The maximum absolute atomic E-state index is 13.3. The van der Waals surface area contributed by atoms with E-state index in [1.165, 1.54) is 23.4 Å². The maximum Gasteiger partial charge on any atom is 0.416 e. The van der Waals surface area contributed by atoms with Gasteiger partial charge in [-0.05, 0) is 25.1 Å². The van der Waals surface area contributed by atoms with Gasteiger partial charge in [-0.15, -0.1) is 11.3 Å². The molecule has 1 nitrogen and oxygen atoms in total. The summed E-state index contributed by atoms with van der Waals surface area (Å²) in [7, 11) is 0. The molecule has 0 saturated heterocycles.